The van der Waals surface area contributed by atoms with E-state index in [0.29, 0.717) is 0 Å². The Balaban J connectivity index is 0.000000371. The standard InChI is InChI=1S/C22H19N3O.ClHO4/c23-17-12-19-20(15-7-2-1-6-14(15)17)24-18-11-13-5-3-9-25-10-4-8-16(21(13)25)22(18)26-19;2-1(3,4)5/h1-2,6-7,11-12,23H,3-5,8-10H2;(H,2,3,4,5). The molecule has 0 bridgehead atoms. The van der Waals surface area contributed by atoms with Crippen LogP contribution in [0.3, 0.4) is 0 Å². The molecule has 2 N–H and O–H groups in total. The van der Waals surface area contributed by atoms with Gasteiger partial charge in [0.15, 0.2) is 11.3 Å². The predicted octanol–water partition coefficient (Wildman–Crippen LogP) is -2.31. The highest BCUT2D eigenvalue weighted by Crippen LogP contribution is 2.41. The summed E-state index contributed by atoms with van der Waals surface area (Å²) < 4.78 is 40.4. The number of nitrogens with zero attached hydrogens (tertiary/aromatic N) is 2. The van der Waals surface area contributed by atoms with Gasteiger partial charge >= 0.3 is 0 Å². The first kappa shape index (κ1) is 20.2. The molecule has 3 aliphatic heterocycles. The average molecular weight is 442 g/mol. The van der Waals surface area contributed by atoms with E-state index in [2.05, 4.69) is 17.0 Å². The number of aryl methyl sites for hydroxylation is 2. The lowest BCUT2D eigenvalue weighted by Crippen LogP contribution is -2.68. The fraction of sp³-hybridized carbons (Fsp3) is 0.273. The van der Waals surface area contributed by atoms with E-state index in [1.807, 2.05) is 24.3 Å². The highest BCUT2D eigenvalue weighted by Gasteiger charge is 2.28. The minimum atomic E-state index is -4.94. The van der Waals surface area contributed by atoms with E-state index in [1.165, 1.54) is 29.7 Å². The molecule has 0 amide bonds. The summed E-state index contributed by atoms with van der Waals surface area (Å²) in [6, 6.07) is 12.3. The van der Waals surface area contributed by atoms with Crippen LogP contribution < -0.4 is 34.3 Å². The maximum absolute atomic E-state index is 8.49. The molecule has 0 fully saturated rings. The lowest BCUT2D eigenvalue weighted by atomic mass is 9.91. The van der Waals surface area contributed by atoms with Crippen molar-refractivity contribution >= 4 is 27.6 Å². The van der Waals surface area contributed by atoms with Gasteiger partial charge in [0.05, 0.1) is 11.5 Å². The minimum absolute atomic E-state index is 0.742. The Bertz CT molecular complexity index is 1320. The molecular weight excluding hydrogens is 422 g/mol. The maximum Gasteiger partial charge on any atom is 0.208 e. The maximum atomic E-state index is 8.49. The number of halogens is 1. The zero-order chi connectivity index (χ0) is 21.8. The zero-order valence-corrected chi connectivity index (χ0v) is 17.4. The van der Waals surface area contributed by atoms with Crippen molar-refractivity contribution in [3.05, 3.63) is 52.9 Å². The molecule has 160 valence electrons. The van der Waals surface area contributed by atoms with Crippen LogP contribution in [-0.4, -0.2) is 18.1 Å². The van der Waals surface area contributed by atoms with Crippen LogP contribution in [0, 0.1) is 10.2 Å². The van der Waals surface area contributed by atoms with Gasteiger partial charge in [0.1, 0.15) is 11.2 Å². The van der Waals surface area contributed by atoms with Crippen LogP contribution in [-0.2, 0) is 12.8 Å². The topological polar surface area (TPSA) is 147 Å². The molecule has 0 saturated heterocycles. The van der Waals surface area contributed by atoms with Gasteiger partial charge in [-0.1, -0.05) is 18.2 Å². The number of fused-ring (bicyclic) bond motifs is 5. The molecule has 0 saturated carbocycles. The van der Waals surface area contributed by atoms with Gasteiger partial charge in [-0.15, -0.1) is 10.2 Å². The van der Waals surface area contributed by atoms with Crippen LogP contribution in [0.25, 0.3) is 33.3 Å². The van der Waals surface area contributed by atoms with Gasteiger partial charge < -0.3 is 9.32 Å². The molecule has 0 aromatic heterocycles. The molecule has 8 nitrogen and oxygen atoms in total. The summed E-state index contributed by atoms with van der Waals surface area (Å²) in [7, 11) is -4.94. The van der Waals surface area contributed by atoms with Gasteiger partial charge in [0.25, 0.3) is 0 Å². The Labute approximate surface area is 179 Å². The minimum Gasteiger partial charge on any atom is -0.452 e. The van der Waals surface area contributed by atoms with Crippen molar-refractivity contribution in [3.63, 3.8) is 0 Å². The molecule has 0 spiro atoms. The second-order valence-electron chi connectivity index (χ2n) is 7.86. The first-order valence-corrected chi connectivity index (χ1v) is 11.3. The van der Waals surface area contributed by atoms with E-state index in [-0.39, 0.29) is 0 Å². The molecule has 4 aliphatic rings. The normalized spacial score (nSPS) is 15.7. The van der Waals surface area contributed by atoms with Crippen LogP contribution in [0.15, 0.2) is 40.8 Å². The SMILES string of the molecule is [NH2+]=c1cc2oc3c4c5c(cc3nc-2c2ccccc12)CCCN5CCC4.[O-][Cl+3]([O-])([O-])[O-]. The Morgan fingerprint density at radius 1 is 0.968 bits per heavy atom. The number of rotatable bonds is 0. The second-order valence-corrected chi connectivity index (χ2v) is 8.61. The van der Waals surface area contributed by atoms with Crippen LogP contribution in [0.1, 0.15) is 24.0 Å². The Kier molecular flexibility index (Phi) is 4.84. The molecule has 31 heavy (non-hydrogen) atoms. The van der Waals surface area contributed by atoms with Gasteiger partial charge in [0.2, 0.25) is 5.36 Å². The molecule has 0 atom stereocenters. The highest BCUT2D eigenvalue weighted by atomic mass is 35.7. The summed E-state index contributed by atoms with van der Waals surface area (Å²) in [6.07, 6.45) is 4.61. The fourth-order valence-electron chi connectivity index (χ4n) is 4.80. The van der Waals surface area contributed by atoms with Crippen molar-refractivity contribution in [2.45, 2.75) is 25.7 Å². The van der Waals surface area contributed by atoms with Gasteiger partial charge in [0, 0.05) is 29.7 Å². The first-order valence-electron chi connectivity index (χ1n) is 10.1. The van der Waals surface area contributed by atoms with E-state index in [9.17, 15) is 0 Å². The molecule has 1 aliphatic carbocycles. The van der Waals surface area contributed by atoms with Gasteiger partial charge in [-0.25, -0.2) is 23.6 Å². The predicted molar refractivity (Wildman–Crippen MR) is 102 cm³/mol. The van der Waals surface area contributed by atoms with Crippen molar-refractivity contribution in [3.8, 4) is 11.5 Å². The summed E-state index contributed by atoms with van der Waals surface area (Å²) in [5.74, 6) is 0.776. The summed E-state index contributed by atoms with van der Waals surface area (Å²) in [4.78, 5) is 7.58. The third-order valence-corrected chi connectivity index (χ3v) is 5.91. The Hall–Kier alpha value is -2.75. The lowest BCUT2D eigenvalue weighted by molar-refractivity contribution is -2.00. The second kappa shape index (κ2) is 7.44. The Morgan fingerprint density at radius 3 is 2.39 bits per heavy atom. The lowest BCUT2D eigenvalue weighted by Gasteiger charge is -2.37. The molecule has 0 unspecified atom stereocenters. The molecular formula is C22H20ClN3O5. The number of hydrogen-bond acceptors (Lipinski definition) is 7. The van der Waals surface area contributed by atoms with E-state index in [0.717, 1.165) is 64.6 Å². The van der Waals surface area contributed by atoms with Gasteiger partial charge in [-0.3, -0.25) is 5.41 Å². The van der Waals surface area contributed by atoms with Gasteiger partial charge in [-0.05, 0) is 43.4 Å². The van der Waals surface area contributed by atoms with E-state index < -0.39 is 10.2 Å². The fourth-order valence-corrected chi connectivity index (χ4v) is 4.80. The smallest absolute Gasteiger partial charge is 0.208 e. The van der Waals surface area contributed by atoms with Crippen molar-refractivity contribution in [1.29, 1.82) is 0 Å². The molecule has 2 aromatic rings. The number of benzene rings is 3. The average Bonchev–Trinajstić information content (AvgIpc) is 2.73. The molecule has 6 rings (SSSR count). The summed E-state index contributed by atoms with van der Waals surface area (Å²) in [5, 5.41) is 9.12. The highest BCUT2D eigenvalue weighted by molar-refractivity contribution is 5.97. The summed E-state index contributed by atoms with van der Waals surface area (Å²) >= 11 is 0. The number of aromatic nitrogens is 1. The largest absolute Gasteiger partial charge is 0.452 e. The third-order valence-electron chi connectivity index (χ3n) is 5.91. The van der Waals surface area contributed by atoms with Crippen LogP contribution >= 0.6 is 0 Å². The van der Waals surface area contributed by atoms with Crippen LogP contribution in [0.2, 0.25) is 0 Å². The summed E-state index contributed by atoms with van der Waals surface area (Å²) in [5.41, 5.74) is 7.00. The van der Waals surface area contributed by atoms with E-state index in [1.54, 1.807) is 0 Å². The van der Waals surface area contributed by atoms with Crippen molar-refractivity contribution < 1.29 is 38.7 Å². The van der Waals surface area contributed by atoms with Crippen LogP contribution in [0.4, 0.5) is 5.69 Å². The third kappa shape index (κ3) is 3.73. The van der Waals surface area contributed by atoms with Crippen molar-refractivity contribution in [2.75, 3.05) is 18.0 Å². The monoisotopic (exact) mass is 441 g/mol. The van der Waals surface area contributed by atoms with E-state index >= 15 is 0 Å². The molecule has 2 aromatic carbocycles. The van der Waals surface area contributed by atoms with E-state index in [4.69, 9.17) is 33.4 Å². The zero-order valence-electron chi connectivity index (χ0n) is 16.6. The number of hydrogen-bond donors (Lipinski definition) is 1. The molecule has 3 heterocycles. The van der Waals surface area contributed by atoms with Crippen molar-refractivity contribution in [2.24, 2.45) is 0 Å². The van der Waals surface area contributed by atoms with Gasteiger partial charge in [-0.2, -0.15) is 0 Å². The van der Waals surface area contributed by atoms with Crippen molar-refractivity contribution in [1.82, 2.24) is 4.98 Å². The Morgan fingerprint density at radius 2 is 1.65 bits per heavy atom. The molecule has 0 radical (unpaired) electrons. The number of nitrogens with two attached hydrogens (primary N) is 1. The quantitative estimate of drug-likeness (QED) is 0.238. The molecule has 9 heteroatoms. The van der Waals surface area contributed by atoms with Crippen LogP contribution in [0.5, 0.6) is 0 Å². The first-order chi connectivity index (χ1) is 14.8. The number of anilines is 1. The summed E-state index contributed by atoms with van der Waals surface area (Å²) in [6.45, 7) is 2.31.